The van der Waals surface area contributed by atoms with Crippen LogP contribution in [0.15, 0.2) is 83.7 Å². The van der Waals surface area contributed by atoms with Crippen molar-refractivity contribution in [3.8, 4) is 17.5 Å². The molecule has 1 heterocycles. The monoisotopic (exact) mass is 467 g/mol. The molecule has 0 unspecified atom stereocenters. The van der Waals surface area contributed by atoms with Gasteiger partial charge < -0.3 is 10.1 Å². The van der Waals surface area contributed by atoms with E-state index in [0.29, 0.717) is 21.7 Å². The Morgan fingerprint density at radius 2 is 1.79 bits per heavy atom. The van der Waals surface area contributed by atoms with E-state index in [2.05, 4.69) is 5.32 Å². The van der Waals surface area contributed by atoms with Gasteiger partial charge in [-0.1, -0.05) is 42.5 Å². The highest BCUT2D eigenvalue weighted by Crippen LogP contribution is 2.13. The molecule has 0 atom stereocenters. The summed E-state index contributed by atoms with van der Waals surface area (Å²) in [6, 6.07) is 25.6. The number of carbonyl (C=O) groups is 1. The first-order chi connectivity index (χ1) is 16.5. The van der Waals surface area contributed by atoms with E-state index in [1.165, 1.54) is 4.57 Å². The highest BCUT2D eigenvalue weighted by Gasteiger charge is 2.17. The zero-order valence-corrected chi connectivity index (χ0v) is 19.4. The van der Waals surface area contributed by atoms with Gasteiger partial charge in [-0.05, 0) is 60.5 Å². The fraction of sp³-hybridized carbons (Fsp3) is 0.0741. The Labute approximate surface area is 200 Å². The zero-order chi connectivity index (χ0) is 24.1. The molecule has 0 saturated carbocycles. The van der Waals surface area contributed by atoms with Crippen LogP contribution in [0.5, 0.6) is 5.75 Å². The maximum absolute atomic E-state index is 13.4. The molecule has 1 amide bonds. The molecular formula is C27H21N3O3S. The Morgan fingerprint density at radius 1 is 1.06 bits per heavy atom. The van der Waals surface area contributed by atoms with Crippen molar-refractivity contribution in [1.82, 2.24) is 4.57 Å². The molecule has 6 nitrogen and oxygen atoms in total. The molecule has 0 spiro atoms. The van der Waals surface area contributed by atoms with E-state index >= 15 is 0 Å². The predicted octanol–water partition coefficient (Wildman–Crippen LogP) is 3.36. The topological polar surface area (TPSA) is 84.1 Å². The lowest BCUT2D eigenvalue weighted by molar-refractivity contribution is -0.111. The van der Waals surface area contributed by atoms with Crippen LogP contribution in [0.25, 0.3) is 17.3 Å². The minimum atomic E-state index is -0.574. The Balaban J connectivity index is 1.92. The van der Waals surface area contributed by atoms with Gasteiger partial charge in [-0.25, -0.2) is 0 Å². The summed E-state index contributed by atoms with van der Waals surface area (Å²) in [7, 11) is 1.59. The second-order valence-electron chi connectivity index (χ2n) is 7.48. The molecule has 3 aromatic carbocycles. The predicted molar refractivity (Wildman–Crippen MR) is 135 cm³/mol. The number of carbonyl (C=O) groups excluding carboxylic acids is 1. The maximum atomic E-state index is 13.4. The van der Waals surface area contributed by atoms with Crippen molar-refractivity contribution in [2.75, 3.05) is 12.4 Å². The van der Waals surface area contributed by atoms with Crippen molar-refractivity contribution in [1.29, 1.82) is 5.26 Å². The molecule has 0 aliphatic heterocycles. The molecule has 0 radical (unpaired) electrons. The number of thiazole rings is 1. The molecule has 34 heavy (non-hydrogen) atoms. The molecule has 0 saturated heterocycles. The molecule has 7 heteroatoms. The summed E-state index contributed by atoms with van der Waals surface area (Å²) in [5.41, 5.74) is 2.48. The minimum absolute atomic E-state index is 0.137. The smallest absolute Gasteiger partial charge is 0.273 e. The molecule has 0 fully saturated rings. The van der Waals surface area contributed by atoms with E-state index in [0.717, 1.165) is 22.5 Å². The number of amides is 1. The van der Waals surface area contributed by atoms with Gasteiger partial charge in [0.1, 0.15) is 16.5 Å². The summed E-state index contributed by atoms with van der Waals surface area (Å²) in [6.45, 7) is 1.91. The highest BCUT2D eigenvalue weighted by atomic mass is 32.1. The average molecular weight is 468 g/mol. The Kier molecular flexibility index (Phi) is 6.72. The average Bonchev–Trinajstić information content (AvgIpc) is 3.16. The molecular weight excluding hydrogens is 446 g/mol. The van der Waals surface area contributed by atoms with Crippen LogP contribution in [0, 0.1) is 18.3 Å². The number of anilines is 1. The first-order valence-corrected chi connectivity index (χ1v) is 11.3. The number of aryl methyl sites for hydroxylation is 1. The highest BCUT2D eigenvalue weighted by molar-refractivity contribution is 7.07. The van der Waals surface area contributed by atoms with Crippen molar-refractivity contribution in [2.24, 2.45) is 0 Å². The van der Waals surface area contributed by atoms with Crippen LogP contribution in [0.4, 0.5) is 5.69 Å². The molecule has 168 valence electrons. The second kappa shape index (κ2) is 10.0. The van der Waals surface area contributed by atoms with E-state index in [-0.39, 0.29) is 15.8 Å². The van der Waals surface area contributed by atoms with Crippen LogP contribution in [-0.4, -0.2) is 17.6 Å². The van der Waals surface area contributed by atoms with Gasteiger partial charge >= 0.3 is 0 Å². The van der Waals surface area contributed by atoms with Gasteiger partial charge in [0.25, 0.3) is 11.5 Å². The van der Waals surface area contributed by atoms with E-state index in [1.54, 1.807) is 55.7 Å². The molecule has 4 aromatic rings. The number of aromatic nitrogens is 1. The van der Waals surface area contributed by atoms with Crippen molar-refractivity contribution in [3.05, 3.63) is 110 Å². The summed E-state index contributed by atoms with van der Waals surface area (Å²) >= 11 is 1.10. The van der Waals surface area contributed by atoms with Gasteiger partial charge in [-0.3, -0.25) is 14.2 Å². The number of benzene rings is 3. The Morgan fingerprint density at radius 3 is 2.44 bits per heavy atom. The van der Waals surface area contributed by atoms with E-state index in [9.17, 15) is 14.9 Å². The third-order valence-electron chi connectivity index (χ3n) is 5.08. The van der Waals surface area contributed by atoms with Gasteiger partial charge in [0.15, 0.2) is 5.57 Å². The van der Waals surface area contributed by atoms with Crippen LogP contribution < -0.4 is 24.8 Å². The number of para-hydroxylation sites is 1. The molecule has 0 aliphatic carbocycles. The molecule has 1 aromatic heterocycles. The van der Waals surface area contributed by atoms with E-state index < -0.39 is 5.91 Å². The third-order valence-corrected chi connectivity index (χ3v) is 6.17. The molecule has 4 rings (SSSR count). The number of ether oxygens (including phenoxy) is 1. The largest absolute Gasteiger partial charge is 0.497 e. The summed E-state index contributed by atoms with van der Waals surface area (Å²) in [6.07, 6.45) is 1.74. The van der Waals surface area contributed by atoms with Crippen LogP contribution in [0.2, 0.25) is 0 Å². The quantitative estimate of drug-likeness (QED) is 0.488. The summed E-state index contributed by atoms with van der Waals surface area (Å²) in [5, 5.41) is 12.7. The zero-order valence-electron chi connectivity index (χ0n) is 18.6. The van der Waals surface area contributed by atoms with Gasteiger partial charge in [-0.15, -0.1) is 11.3 Å². The summed E-state index contributed by atoms with van der Waals surface area (Å²) in [4.78, 5) is 26.5. The number of hydrogen-bond donors (Lipinski definition) is 1. The van der Waals surface area contributed by atoms with Gasteiger partial charge in [0.05, 0.1) is 17.3 Å². The number of hydrogen-bond acceptors (Lipinski definition) is 5. The second-order valence-corrected chi connectivity index (χ2v) is 8.51. The van der Waals surface area contributed by atoms with Gasteiger partial charge in [0.2, 0.25) is 0 Å². The van der Waals surface area contributed by atoms with Crippen LogP contribution in [0.3, 0.4) is 0 Å². The van der Waals surface area contributed by atoms with Gasteiger partial charge in [-0.2, -0.15) is 5.26 Å². The molecule has 0 bridgehead atoms. The van der Waals surface area contributed by atoms with E-state index in [1.807, 2.05) is 49.4 Å². The lowest BCUT2D eigenvalue weighted by Crippen LogP contribution is -2.32. The fourth-order valence-electron chi connectivity index (χ4n) is 3.43. The van der Waals surface area contributed by atoms with E-state index in [4.69, 9.17) is 4.74 Å². The number of nitrogens with one attached hydrogen (secondary N) is 1. The number of rotatable bonds is 5. The molecule has 1 N–H and O–H groups in total. The maximum Gasteiger partial charge on any atom is 0.273 e. The van der Waals surface area contributed by atoms with Crippen LogP contribution in [-0.2, 0) is 4.79 Å². The minimum Gasteiger partial charge on any atom is -0.497 e. The lowest BCUT2D eigenvalue weighted by Gasteiger charge is -2.06. The summed E-state index contributed by atoms with van der Waals surface area (Å²) in [5.74, 6) is 0.133. The normalized spacial score (nSPS) is 12.1. The first kappa shape index (κ1) is 22.8. The third kappa shape index (κ3) is 4.82. The number of nitriles is 1. The standard InChI is InChI=1S/C27H21N3O3S/c1-18-7-6-8-20(15-18)29-25(31)23(17-28)27-30(21-9-4-3-5-10-21)26(32)24(34-27)16-19-11-13-22(33-2)14-12-19/h3-16H,1-2H3,(H,29,31)/b24-16+,27-23+. The van der Waals surface area contributed by atoms with Crippen molar-refractivity contribution >= 4 is 34.6 Å². The Bertz CT molecular complexity index is 1560. The van der Waals surface area contributed by atoms with Crippen molar-refractivity contribution in [2.45, 2.75) is 6.92 Å². The fourth-order valence-corrected chi connectivity index (χ4v) is 4.53. The SMILES string of the molecule is COc1ccc(/C=c2/s/c(=C(\C#N)C(=O)Nc3cccc(C)c3)n(-c3ccccc3)c2=O)cc1. The first-order valence-electron chi connectivity index (χ1n) is 10.5. The van der Waals surface area contributed by atoms with Crippen molar-refractivity contribution < 1.29 is 9.53 Å². The van der Waals surface area contributed by atoms with Crippen LogP contribution in [0.1, 0.15) is 11.1 Å². The number of methoxy groups -OCH3 is 1. The van der Waals surface area contributed by atoms with Crippen molar-refractivity contribution in [3.63, 3.8) is 0 Å². The lowest BCUT2D eigenvalue weighted by atomic mass is 10.2. The number of nitrogens with zero attached hydrogens (tertiary/aromatic N) is 2. The van der Waals surface area contributed by atoms with Crippen LogP contribution >= 0.6 is 11.3 Å². The Hall–Kier alpha value is -4.41. The van der Waals surface area contributed by atoms with Gasteiger partial charge in [0, 0.05) is 5.69 Å². The summed E-state index contributed by atoms with van der Waals surface area (Å²) < 4.78 is 7.27. The molecule has 0 aliphatic rings.